The molecule has 126 valence electrons. The van der Waals surface area contributed by atoms with E-state index in [-0.39, 0.29) is 24.2 Å². The van der Waals surface area contributed by atoms with Gasteiger partial charge >= 0.3 is 6.01 Å². The molecule has 3 aromatic heterocycles. The number of hydrogen-bond acceptors (Lipinski definition) is 4. The van der Waals surface area contributed by atoms with Crippen molar-refractivity contribution in [2.24, 2.45) is 0 Å². The van der Waals surface area contributed by atoms with Crippen LogP contribution in [0.5, 0.6) is 11.8 Å². The summed E-state index contributed by atoms with van der Waals surface area (Å²) in [4.78, 5) is 12.6. The van der Waals surface area contributed by atoms with Gasteiger partial charge in [-0.3, -0.25) is 0 Å². The molecule has 0 amide bonds. The number of benzene rings is 1. The maximum atomic E-state index is 13.6. The van der Waals surface area contributed by atoms with Crippen LogP contribution in [0.3, 0.4) is 0 Å². The van der Waals surface area contributed by atoms with Gasteiger partial charge in [0.05, 0.1) is 0 Å². The van der Waals surface area contributed by atoms with Crippen LogP contribution in [0, 0.1) is 12.7 Å². The largest absolute Gasteiger partial charge is 0.421 e. The number of halogens is 2. The summed E-state index contributed by atoms with van der Waals surface area (Å²) in [6.45, 7) is 2.01. The molecule has 0 aliphatic carbocycles. The number of para-hydroxylation sites is 1. The maximum absolute atomic E-state index is 13.6. The van der Waals surface area contributed by atoms with Crippen molar-refractivity contribution in [2.75, 3.05) is 0 Å². The van der Waals surface area contributed by atoms with Crippen molar-refractivity contribution in [1.29, 1.82) is 0 Å². The normalized spacial score (nSPS) is 10.5. The summed E-state index contributed by atoms with van der Waals surface area (Å²) in [7, 11) is 0. The van der Waals surface area contributed by atoms with Gasteiger partial charge in [-0.05, 0) is 31.2 Å². The van der Waals surface area contributed by atoms with Crippen LogP contribution in [0.2, 0.25) is 0 Å². The number of rotatable bonds is 3. The molecule has 3 heterocycles. The lowest BCUT2D eigenvalue weighted by molar-refractivity contribution is 0.411. The quantitative estimate of drug-likeness (QED) is 0.544. The van der Waals surface area contributed by atoms with Crippen LogP contribution in [0.15, 0.2) is 61.2 Å². The average Bonchev–Trinajstić information content (AvgIpc) is 3.08. The molecule has 0 radical (unpaired) electrons. The molecule has 7 heteroatoms. The van der Waals surface area contributed by atoms with Crippen LogP contribution in [0.1, 0.15) is 5.69 Å². The van der Waals surface area contributed by atoms with Gasteiger partial charge in [0.2, 0.25) is 0 Å². The minimum absolute atomic E-state index is 0. The number of ether oxygens (including phenoxy) is 1. The SMILES string of the molecule is Cc1c(-c2cnc(Oc3ccccc3F)nc2)ccc2nccn12.Cl. The van der Waals surface area contributed by atoms with Gasteiger partial charge in [-0.2, -0.15) is 0 Å². The van der Waals surface area contributed by atoms with E-state index in [0.29, 0.717) is 0 Å². The first-order chi connectivity index (χ1) is 11.7. The molecule has 0 fully saturated rings. The number of aryl methyl sites for hydroxylation is 1. The second-order valence-electron chi connectivity index (χ2n) is 5.27. The van der Waals surface area contributed by atoms with Gasteiger partial charge in [-0.1, -0.05) is 12.1 Å². The summed E-state index contributed by atoms with van der Waals surface area (Å²) in [6, 6.07) is 10.2. The van der Waals surface area contributed by atoms with Crippen LogP contribution >= 0.6 is 12.4 Å². The number of pyridine rings is 1. The molecule has 0 unspecified atom stereocenters. The summed E-state index contributed by atoms with van der Waals surface area (Å²) in [5.74, 6) is -0.354. The van der Waals surface area contributed by atoms with E-state index in [1.165, 1.54) is 12.1 Å². The fourth-order valence-electron chi connectivity index (χ4n) is 2.57. The molecular weight excluding hydrogens is 343 g/mol. The van der Waals surface area contributed by atoms with Crippen molar-refractivity contribution >= 4 is 18.1 Å². The summed E-state index contributed by atoms with van der Waals surface area (Å²) in [5.41, 5.74) is 3.77. The van der Waals surface area contributed by atoms with Crippen molar-refractivity contribution in [3.8, 4) is 22.9 Å². The fourth-order valence-corrected chi connectivity index (χ4v) is 2.57. The van der Waals surface area contributed by atoms with Gasteiger partial charge in [-0.25, -0.2) is 19.3 Å². The summed E-state index contributed by atoms with van der Waals surface area (Å²) >= 11 is 0. The topological polar surface area (TPSA) is 52.3 Å². The van der Waals surface area contributed by atoms with Crippen molar-refractivity contribution < 1.29 is 9.13 Å². The Kier molecular flexibility index (Phi) is 4.63. The first-order valence-corrected chi connectivity index (χ1v) is 7.40. The monoisotopic (exact) mass is 356 g/mol. The third-order valence-electron chi connectivity index (χ3n) is 3.80. The lowest BCUT2D eigenvalue weighted by Crippen LogP contribution is -1.97. The van der Waals surface area contributed by atoms with E-state index in [4.69, 9.17) is 4.74 Å². The molecule has 0 atom stereocenters. The molecule has 5 nitrogen and oxygen atoms in total. The second kappa shape index (κ2) is 6.86. The van der Waals surface area contributed by atoms with E-state index < -0.39 is 5.82 Å². The Bertz CT molecular complexity index is 1020. The van der Waals surface area contributed by atoms with E-state index in [1.54, 1.807) is 30.7 Å². The predicted molar refractivity (Wildman–Crippen MR) is 94.7 cm³/mol. The highest BCUT2D eigenvalue weighted by Crippen LogP contribution is 2.25. The minimum atomic E-state index is -0.452. The second-order valence-corrected chi connectivity index (χ2v) is 5.27. The minimum Gasteiger partial charge on any atom is -0.421 e. The van der Waals surface area contributed by atoms with Crippen LogP contribution in [0.25, 0.3) is 16.8 Å². The Hall–Kier alpha value is -2.99. The van der Waals surface area contributed by atoms with E-state index in [9.17, 15) is 4.39 Å². The molecule has 0 aliphatic rings. The number of imidazole rings is 1. The first kappa shape index (κ1) is 16.9. The van der Waals surface area contributed by atoms with E-state index in [1.807, 2.05) is 29.7 Å². The summed E-state index contributed by atoms with van der Waals surface area (Å²) in [6.07, 6.45) is 6.99. The van der Waals surface area contributed by atoms with Crippen LogP contribution in [-0.2, 0) is 0 Å². The lowest BCUT2D eigenvalue weighted by Gasteiger charge is -2.09. The van der Waals surface area contributed by atoms with Crippen molar-refractivity contribution in [3.05, 3.63) is 72.7 Å². The zero-order chi connectivity index (χ0) is 16.5. The van der Waals surface area contributed by atoms with Gasteiger partial charge in [0, 0.05) is 41.6 Å². The maximum Gasteiger partial charge on any atom is 0.321 e. The number of aromatic nitrogens is 4. The van der Waals surface area contributed by atoms with Crippen molar-refractivity contribution in [3.63, 3.8) is 0 Å². The molecule has 0 N–H and O–H groups in total. The summed E-state index contributed by atoms with van der Waals surface area (Å²) in [5, 5.41) is 0. The molecule has 1 aromatic carbocycles. The standard InChI is InChI=1S/C18H13FN4O.ClH/c1-12-14(6-7-17-20-8-9-23(12)17)13-10-21-18(22-11-13)24-16-5-3-2-4-15(16)19;/h2-11H,1H3;1H. The molecule has 4 rings (SSSR count). The predicted octanol–water partition coefficient (Wildman–Crippen LogP) is 4.45. The third-order valence-corrected chi connectivity index (χ3v) is 3.80. The first-order valence-electron chi connectivity index (χ1n) is 7.40. The van der Waals surface area contributed by atoms with Gasteiger partial charge in [-0.15, -0.1) is 12.4 Å². The van der Waals surface area contributed by atoms with E-state index >= 15 is 0 Å². The Balaban J connectivity index is 0.00000182. The van der Waals surface area contributed by atoms with Crippen LogP contribution < -0.4 is 4.74 Å². The summed E-state index contributed by atoms with van der Waals surface area (Å²) < 4.78 is 21.0. The Morgan fingerprint density at radius 3 is 2.52 bits per heavy atom. The molecular formula is C18H14ClFN4O. The van der Waals surface area contributed by atoms with E-state index in [2.05, 4.69) is 15.0 Å². The fraction of sp³-hybridized carbons (Fsp3) is 0.0556. The van der Waals surface area contributed by atoms with Gasteiger partial charge in [0.1, 0.15) is 5.65 Å². The van der Waals surface area contributed by atoms with Crippen LogP contribution in [0.4, 0.5) is 4.39 Å². The third kappa shape index (κ3) is 3.16. The number of hydrogen-bond donors (Lipinski definition) is 0. The van der Waals surface area contributed by atoms with Gasteiger partial charge < -0.3 is 9.14 Å². The number of nitrogens with zero attached hydrogens (tertiary/aromatic N) is 4. The van der Waals surface area contributed by atoms with Crippen molar-refractivity contribution in [2.45, 2.75) is 6.92 Å². The molecule has 0 saturated heterocycles. The molecule has 0 spiro atoms. The average molecular weight is 357 g/mol. The molecule has 0 aliphatic heterocycles. The molecule has 0 bridgehead atoms. The lowest BCUT2D eigenvalue weighted by atomic mass is 10.1. The number of fused-ring (bicyclic) bond motifs is 1. The zero-order valence-corrected chi connectivity index (χ0v) is 14.1. The smallest absolute Gasteiger partial charge is 0.321 e. The van der Waals surface area contributed by atoms with Gasteiger partial charge in [0.15, 0.2) is 11.6 Å². The molecule has 4 aromatic rings. The Morgan fingerprint density at radius 2 is 1.76 bits per heavy atom. The highest BCUT2D eigenvalue weighted by Gasteiger charge is 2.09. The zero-order valence-electron chi connectivity index (χ0n) is 13.3. The van der Waals surface area contributed by atoms with E-state index in [0.717, 1.165) is 22.5 Å². The Morgan fingerprint density at radius 1 is 1.00 bits per heavy atom. The molecule has 0 saturated carbocycles. The molecule has 25 heavy (non-hydrogen) atoms. The highest BCUT2D eigenvalue weighted by atomic mass is 35.5. The van der Waals surface area contributed by atoms with Gasteiger partial charge in [0.25, 0.3) is 0 Å². The van der Waals surface area contributed by atoms with Crippen LogP contribution in [-0.4, -0.2) is 19.4 Å². The highest BCUT2D eigenvalue weighted by molar-refractivity contribution is 5.85. The Labute approximate surface area is 149 Å². The van der Waals surface area contributed by atoms with Crippen molar-refractivity contribution in [1.82, 2.24) is 19.4 Å².